The molecule has 10 heteroatoms. The standard InChI is InChI=1S/C37H52N4O6/c1-4-6-7-8-9-10-11-12-13-14-15-16-21-37(47-5-2,41-26-30-23-31(45-3)19-20-32(30)35(41)43)36(44)40-25-29-18-17-28(24-38)22-33(29)46-27-34(39)42/h17-20,22-23H,4-16,21,25-27H2,1-3H3,(H2,39,42)(H,40,44)/t37-/m0/s1. The lowest BCUT2D eigenvalue weighted by Gasteiger charge is -2.40. The van der Waals surface area contributed by atoms with Gasteiger partial charge in [-0.05, 0) is 49.2 Å². The third-order valence-corrected chi connectivity index (χ3v) is 8.67. The molecule has 0 radical (unpaired) electrons. The Bertz CT molecular complexity index is 1370. The van der Waals surface area contributed by atoms with Crippen molar-refractivity contribution in [1.82, 2.24) is 10.2 Å². The van der Waals surface area contributed by atoms with Crippen LogP contribution in [0.3, 0.4) is 0 Å². The highest BCUT2D eigenvalue weighted by atomic mass is 16.5. The lowest BCUT2D eigenvalue weighted by atomic mass is 9.99. The summed E-state index contributed by atoms with van der Waals surface area (Å²) < 4.78 is 17.2. The van der Waals surface area contributed by atoms with Crippen molar-refractivity contribution in [3.05, 3.63) is 58.7 Å². The first-order chi connectivity index (χ1) is 22.8. The van der Waals surface area contributed by atoms with Gasteiger partial charge in [0, 0.05) is 30.7 Å². The first-order valence-electron chi connectivity index (χ1n) is 17.1. The fourth-order valence-electron chi connectivity index (χ4n) is 6.11. The number of hydrogen-bond acceptors (Lipinski definition) is 7. The van der Waals surface area contributed by atoms with Crippen LogP contribution >= 0.6 is 0 Å². The zero-order valence-corrected chi connectivity index (χ0v) is 28.4. The van der Waals surface area contributed by atoms with Gasteiger partial charge in [0.15, 0.2) is 6.61 Å². The van der Waals surface area contributed by atoms with E-state index < -0.39 is 17.5 Å². The summed E-state index contributed by atoms with van der Waals surface area (Å²) in [6, 6.07) is 12.1. The quantitative estimate of drug-likeness (QED) is 0.130. The van der Waals surface area contributed by atoms with E-state index >= 15 is 0 Å². The molecule has 1 aliphatic heterocycles. The fourth-order valence-corrected chi connectivity index (χ4v) is 6.11. The number of nitrogens with one attached hydrogen (secondary N) is 1. The normalized spacial score (nSPS) is 13.5. The average molecular weight is 649 g/mol. The molecule has 3 rings (SSSR count). The number of ether oxygens (including phenoxy) is 3. The topological polar surface area (TPSA) is 144 Å². The van der Waals surface area contributed by atoms with E-state index in [0.717, 1.165) is 24.8 Å². The van der Waals surface area contributed by atoms with Gasteiger partial charge in [0.25, 0.3) is 17.7 Å². The Morgan fingerprint density at radius 2 is 1.62 bits per heavy atom. The van der Waals surface area contributed by atoms with Crippen molar-refractivity contribution >= 4 is 17.7 Å². The molecule has 0 aromatic heterocycles. The Morgan fingerprint density at radius 3 is 2.21 bits per heavy atom. The molecule has 3 N–H and O–H groups in total. The van der Waals surface area contributed by atoms with Crippen molar-refractivity contribution in [3.8, 4) is 17.6 Å². The van der Waals surface area contributed by atoms with E-state index in [1.165, 1.54) is 62.3 Å². The molecule has 0 saturated heterocycles. The van der Waals surface area contributed by atoms with Crippen molar-refractivity contribution in [1.29, 1.82) is 5.26 Å². The molecule has 0 saturated carbocycles. The molecule has 256 valence electrons. The number of fused-ring (bicyclic) bond motifs is 1. The van der Waals surface area contributed by atoms with E-state index in [9.17, 15) is 19.6 Å². The SMILES string of the molecule is CCCCCCCCCCCCCC[C@](OCC)(C(=O)NCc1ccc(C#N)cc1OCC(N)=O)N1Cc2cc(OC)ccc2C1=O. The maximum atomic E-state index is 14.2. The molecule has 1 aliphatic rings. The lowest BCUT2D eigenvalue weighted by molar-refractivity contribution is -0.175. The highest BCUT2D eigenvalue weighted by Crippen LogP contribution is 2.36. The largest absolute Gasteiger partial charge is 0.497 e. The second kappa shape index (κ2) is 19.5. The number of rotatable bonds is 23. The van der Waals surface area contributed by atoms with Crippen LogP contribution in [0.2, 0.25) is 0 Å². The summed E-state index contributed by atoms with van der Waals surface area (Å²) in [7, 11) is 1.58. The summed E-state index contributed by atoms with van der Waals surface area (Å²) in [6.45, 7) is 4.14. The van der Waals surface area contributed by atoms with E-state index in [1.54, 1.807) is 31.4 Å². The van der Waals surface area contributed by atoms with E-state index in [0.29, 0.717) is 35.3 Å². The van der Waals surface area contributed by atoms with E-state index in [2.05, 4.69) is 12.2 Å². The minimum absolute atomic E-state index is 0.0225. The van der Waals surface area contributed by atoms with Gasteiger partial charge in [0.2, 0.25) is 5.72 Å². The molecule has 1 atom stereocenters. The monoisotopic (exact) mass is 648 g/mol. The van der Waals surface area contributed by atoms with Crippen LogP contribution in [-0.4, -0.2) is 48.7 Å². The Balaban J connectivity index is 1.73. The van der Waals surface area contributed by atoms with Crippen molar-refractivity contribution in [2.24, 2.45) is 5.73 Å². The molecule has 0 unspecified atom stereocenters. The Hall–Kier alpha value is -4.10. The number of benzene rings is 2. The second-order valence-electron chi connectivity index (χ2n) is 12.1. The third-order valence-electron chi connectivity index (χ3n) is 8.67. The molecule has 47 heavy (non-hydrogen) atoms. The van der Waals surface area contributed by atoms with E-state index in [4.69, 9.17) is 19.9 Å². The highest BCUT2D eigenvalue weighted by molar-refractivity contribution is 6.02. The summed E-state index contributed by atoms with van der Waals surface area (Å²) >= 11 is 0. The maximum Gasteiger partial charge on any atom is 0.273 e. The number of nitrogens with zero attached hydrogens (tertiary/aromatic N) is 2. The minimum atomic E-state index is -1.54. The number of methoxy groups -OCH3 is 1. The molecule has 0 bridgehead atoms. The number of nitriles is 1. The van der Waals surface area contributed by atoms with Crippen LogP contribution < -0.4 is 20.5 Å². The summed E-state index contributed by atoms with van der Waals surface area (Å²) in [5, 5.41) is 12.3. The van der Waals surface area contributed by atoms with Gasteiger partial charge in [-0.25, -0.2) is 0 Å². The number of unbranched alkanes of at least 4 members (excludes halogenated alkanes) is 11. The molecular weight excluding hydrogens is 596 g/mol. The molecular formula is C37H52N4O6. The zero-order valence-electron chi connectivity index (χ0n) is 28.4. The smallest absolute Gasteiger partial charge is 0.273 e. The molecule has 0 fully saturated rings. The Labute approximate surface area is 279 Å². The van der Waals surface area contributed by atoms with Gasteiger partial charge in [0.05, 0.1) is 25.3 Å². The van der Waals surface area contributed by atoms with Gasteiger partial charge in [0.1, 0.15) is 11.5 Å². The average Bonchev–Trinajstić information content (AvgIpc) is 3.41. The van der Waals surface area contributed by atoms with Gasteiger partial charge in [-0.15, -0.1) is 0 Å². The number of carbonyl (C=O) groups is 3. The third kappa shape index (κ3) is 10.7. The van der Waals surface area contributed by atoms with Crippen LogP contribution in [-0.2, 0) is 27.4 Å². The van der Waals surface area contributed by atoms with Crippen molar-refractivity contribution in [2.75, 3.05) is 20.3 Å². The molecule has 1 heterocycles. The zero-order chi connectivity index (χ0) is 34.1. The van der Waals surface area contributed by atoms with Gasteiger partial charge >= 0.3 is 0 Å². The molecule has 2 aromatic rings. The maximum absolute atomic E-state index is 14.2. The predicted molar refractivity (Wildman–Crippen MR) is 181 cm³/mol. The van der Waals surface area contributed by atoms with Gasteiger partial charge in [-0.2, -0.15) is 5.26 Å². The molecule has 0 aliphatic carbocycles. The first-order valence-corrected chi connectivity index (χ1v) is 17.1. The van der Waals surface area contributed by atoms with Crippen molar-refractivity contribution in [3.63, 3.8) is 0 Å². The Morgan fingerprint density at radius 1 is 0.957 bits per heavy atom. The van der Waals surface area contributed by atoms with Crippen molar-refractivity contribution < 1.29 is 28.6 Å². The van der Waals surface area contributed by atoms with Gasteiger partial charge in [-0.3, -0.25) is 19.3 Å². The number of nitrogens with two attached hydrogens (primary N) is 1. The number of hydrogen-bond donors (Lipinski definition) is 2. The van der Waals surface area contributed by atoms with Crippen LogP contribution in [0, 0.1) is 11.3 Å². The summed E-state index contributed by atoms with van der Waals surface area (Å²) in [5.41, 5.74) is 5.91. The summed E-state index contributed by atoms with van der Waals surface area (Å²) in [6.07, 6.45) is 14.5. The van der Waals surface area contributed by atoms with Crippen LogP contribution in [0.1, 0.15) is 124 Å². The minimum Gasteiger partial charge on any atom is -0.497 e. The first kappa shape index (κ1) is 37.4. The number of primary amides is 1. The molecule has 10 nitrogen and oxygen atoms in total. The number of amides is 3. The second-order valence-corrected chi connectivity index (χ2v) is 12.1. The van der Waals surface area contributed by atoms with Crippen LogP contribution in [0.4, 0.5) is 0 Å². The predicted octanol–water partition coefficient (Wildman–Crippen LogP) is 6.53. The summed E-state index contributed by atoms with van der Waals surface area (Å²) in [5.74, 6) is -0.475. The Kier molecular flexibility index (Phi) is 15.5. The van der Waals surface area contributed by atoms with E-state index in [1.807, 2.05) is 19.1 Å². The summed E-state index contributed by atoms with van der Waals surface area (Å²) in [4.78, 5) is 41.0. The fraction of sp³-hybridized carbons (Fsp3) is 0.568. The molecule has 0 spiro atoms. The van der Waals surface area contributed by atoms with Crippen molar-refractivity contribution in [2.45, 2.75) is 116 Å². The number of carbonyl (C=O) groups excluding carboxylic acids is 3. The molecule has 3 amide bonds. The molecule has 2 aromatic carbocycles. The highest BCUT2D eigenvalue weighted by Gasteiger charge is 2.50. The van der Waals surface area contributed by atoms with Gasteiger partial charge < -0.3 is 25.3 Å². The van der Waals surface area contributed by atoms with Crippen LogP contribution in [0.5, 0.6) is 11.5 Å². The van der Waals surface area contributed by atoms with E-state index in [-0.39, 0.29) is 38.0 Å². The lowest BCUT2D eigenvalue weighted by Crippen LogP contribution is -2.60. The van der Waals surface area contributed by atoms with Crippen LogP contribution in [0.15, 0.2) is 36.4 Å². The van der Waals surface area contributed by atoms with Gasteiger partial charge in [-0.1, -0.05) is 83.6 Å². The van der Waals surface area contributed by atoms with Crippen LogP contribution in [0.25, 0.3) is 0 Å².